The van der Waals surface area contributed by atoms with Crippen molar-refractivity contribution in [3.05, 3.63) is 62.5 Å². The monoisotopic (exact) mass is 563 g/mol. The standard InChI is InChI=1S/C25H31Cl2N7O2S/c1-17-11-21(26)31-24(27)23(17)25(36)29-7-3-18(2)32-8-4-20(5-9-32)34(12-19-6-10-37-14-19)22(35)13-33-16-28-15-30-33/h6,10-11,14-16,18,20H,3-5,7-9,12-13H2,1-2H3,(H,29,36)/t18-/m1/s1. The highest BCUT2D eigenvalue weighted by molar-refractivity contribution is 7.07. The third-order valence-corrected chi connectivity index (χ3v) is 8.00. The maximum absolute atomic E-state index is 13.2. The number of piperidine rings is 1. The van der Waals surface area contributed by atoms with Crippen molar-refractivity contribution < 1.29 is 9.59 Å². The Kier molecular flexibility index (Phi) is 9.53. The lowest BCUT2D eigenvalue weighted by Crippen LogP contribution is -2.50. The van der Waals surface area contributed by atoms with Crippen LogP contribution in [-0.2, 0) is 17.9 Å². The third kappa shape index (κ3) is 7.28. The van der Waals surface area contributed by atoms with E-state index < -0.39 is 0 Å². The molecule has 4 rings (SSSR count). The van der Waals surface area contributed by atoms with Crippen LogP contribution in [0, 0.1) is 6.92 Å². The number of pyridine rings is 1. The molecule has 0 spiro atoms. The SMILES string of the molecule is Cc1cc(Cl)nc(Cl)c1C(=O)NCC[C@@H](C)N1CCC(N(Cc2ccsc2)C(=O)Cn2cncn2)CC1. The first-order valence-corrected chi connectivity index (χ1v) is 14.0. The second-order valence-corrected chi connectivity index (χ2v) is 10.9. The lowest BCUT2D eigenvalue weighted by molar-refractivity contribution is -0.136. The number of aryl methyl sites for hydroxylation is 1. The number of nitrogens with zero attached hydrogens (tertiary/aromatic N) is 6. The Morgan fingerprint density at radius 3 is 2.73 bits per heavy atom. The first-order valence-electron chi connectivity index (χ1n) is 12.3. The Balaban J connectivity index is 1.28. The Hall–Kier alpha value is -2.53. The van der Waals surface area contributed by atoms with Crippen molar-refractivity contribution in [1.82, 2.24) is 34.9 Å². The van der Waals surface area contributed by atoms with Crippen molar-refractivity contribution in [3.63, 3.8) is 0 Å². The van der Waals surface area contributed by atoms with Gasteiger partial charge in [0.15, 0.2) is 0 Å². The number of nitrogens with one attached hydrogen (secondary N) is 1. The quantitative estimate of drug-likeness (QED) is 0.374. The first-order chi connectivity index (χ1) is 17.8. The molecular formula is C25H31Cl2N7O2S. The van der Waals surface area contributed by atoms with Gasteiger partial charge in [0, 0.05) is 38.3 Å². The lowest BCUT2D eigenvalue weighted by atomic mass is 10.00. The van der Waals surface area contributed by atoms with E-state index >= 15 is 0 Å². The zero-order valence-electron chi connectivity index (χ0n) is 20.9. The Morgan fingerprint density at radius 1 is 1.30 bits per heavy atom. The van der Waals surface area contributed by atoms with Crippen LogP contribution in [-0.4, -0.2) is 73.1 Å². The summed E-state index contributed by atoms with van der Waals surface area (Å²) in [7, 11) is 0. The molecule has 1 atom stereocenters. The molecule has 1 aliphatic rings. The molecule has 37 heavy (non-hydrogen) atoms. The second-order valence-electron chi connectivity index (χ2n) is 9.33. The van der Waals surface area contributed by atoms with Crippen LogP contribution in [0.1, 0.15) is 47.7 Å². The predicted octanol–water partition coefficient (Wildman–Crippen LogP) is 4.05. The topological polar surface area (TPSA) is 96.2 Å². The van der Waals surface area contributed by atoms with E-state index in [0.717, 1.165) is 37.9 Å². The van der Waals surface area contributed by atoms with Gasteiger partial charge in [0.05, 0.1) is 5.56 Å². The van der Waals surface area contributed by atoms with E-state index in [1.807, 2.05) is 10.3 Å². The largest absolute Gasteiger partial charge is 0.352 e. The van der Waals surface area contributed by atoms with Crippen molar-refractivity contribution in [2.45, 2.75) is 58.3 Å². The average Bonchev–Trinajstić information content (AvgIpc) is 3.56. The highest BCUT2D eigenvalue weighted by atomic mass is 35.5. The van der Waals surface area contributed by atoms with Gasteiger partial charge in [0.2, 0.25) is 5.91 Å². The molecule has 9 nitrogen and oxygen atoms in total. The maximum atomic E-state index is 13.2. The third-order valence-electron chi connectivity index (χ3n) is 6.80. The number of hydrogen-bond acceptors (Lipinski definition) is 7. The number of carbonyl (C=O) groups excluding carboxylic acids is 2. The van der Waals surface area contributed by atoms with Gasteiger partial charge in [-0.3, -0.25) is 9.59 Å². The van der Waals surface area contributed by atoms with E-state index in [0.29, 0.717) is 24.2 Å². The zero-order valence-corrected chi connectivity index (χ0v) is 23.3. The molecule has 4 heterocycles. The van der Waals surface area contributed by atoms with Gasteiger partial charge in [-0.25, -0.2) is 14.6 Å². The molecule has 3 aromatic rings. The molecule has 0 aliphatic carbocycles. The molecule has 1 N–H and O–H groups in total. The van der Waals surface area contributed by atoms with Crippen molar-refractivity contribution in [3.8, 4) is 0 Å². The van der Waals surface area contributed by atoms with Crippen LogP contribution in [0.3, 0.4) is 0 Å². The van der Waals surface area contributed by atoms with Crippen molar-refractivity contribution in [2.75, 3.05) is 19.6 Å². The molecule has 1 aliphatic heterocycles. The van der Waals surface area contributed by atoms with E-state index in [-0.39, 0.29) is 40.7 Å². The number of carbonyl (C=O) groups is 2. The van der Waals surface area contributed by atoms with Gasteiger partial charge in [-0.2, -0.15) is 16.4 Å². The number of aromatic nitrogens is 4. The van der Waals surface area contributed by atoms with Crippen molar-refractivity contribution in [2.24, 2.45) is 0 Å². The Morgan fingerprint density at radius 2 is 2.08 bits per heavy atom. The molecule has 198 valence electrons. The van der Waals surface area contributed by atoms with Crippen LogP contribution in [0.5, 0.6) is 0 Å². The van der Waals surface area contributed by atoms with E-state index in [2.05, 4.69) is 43.7 Å². The summed E-state index contributed by atoms with van der Waals surface area (Å²) >= 11 is 13.7. The summed E-state index contributed by atoms with van der Waals surface area (Å²) in [5.74, 6) is -0.191. The molecule has 0 radical (unpaired) electrons. The fraction of sp³-hybridized carbons (Fsp3) is 0.480. The molecule has 3 aromatic heterocycles. The first kappa shape index (κ1) is 27.5. The average molecular weight is 565 g/mol. The summed E-state index contributed by atoms with van der Waals surface area (Å²) < 4.78 is 1.57. The normalized spacial score (nSPS) is 15.5. The molecule has 0 bridgehead atoms. The van der Waals surface area contributed by atoms with E-state index in [9.17, 15) is 9.59 Å². The summed E-state index contributed by atoms with van der Waals surface area (Å²) in [5.41, 5.74) is 2.21. The summed E-state index contributed by atoms with van der Waals surface area (Å²) in [6.07, 6.45) is 5.62. The summed E-state index contributed by atoms with van der Waals surface area (Å²) in [4.78, 5) is 38.2. The Bertz CT molecular complexity index is 1160. The fourth-order valence-electron chi connectivity index (χ4n) is 4.72. The number of amides is 2. The van der Waals surface area contributed by atoms with Gasteiger partial charge >= 0.3 is 0 Å². The number of rotatable bonds is 10. The van der Waals surface area contributed by atoms with Crippen molar-refractivity contribution >= 4 is 46.4 Å². The minimum absolute atomic E-state index is 0.0524. The van der Waals surface area contributed by atoms with Gasteiger partial charge in [-0.1, -0.05) is 23.2 Å². The van der Waals surface area contributed by atoms with Gasteiger partial charge in [-0.15, -0.1) is 0 Å². The summed E-state index contributed by atoms with van der Waals surface area (Å²) in [6, 6.07) is 4.16. The van der Waals surface area contributed by atoms with Gasteiger partial charge < -0.3 is 15.1 Å². The van der Waals surface area contributed by atoms with Crippen LogP contribution in [0.4, 0.5) is 0 Å². The lowest BCUT2D eigenvalue weighted by Gasteiger charge is -2.40. The second kappa shape index (κ2) is 12.8. The highest BCUT2D eigenvalue weighted by Gasteiger charge is 2.30. The van der Waals surface area contributed by atoms with Crippen LogP contribution in [0.25, 0.3) is 0 Å². The zero-order chi connectivity index (χ0) is 26.4. The van der Waals surface area contributed by atoms with E-state index in [4.69, 9.17) is 23.2 Å². The molecule has 1 saturated heterocycles. The predicted molar refractivity (Wildman–Crippen MR) is 145 cm³/mol. The summed E-state index contributed by atoms with van der Waals surface area (Å²) in [5, 5.41) is 11.6. The van der Waals surface area contributed by atoms with E-state index in [1.165, 1.54) is 6.33 Å². The minimum Gasteiger partial charge on any atom is -0.352 e. The Labute approximate surface area is 230 Å². The van der Waals surface area contributed by atoms with Crippen molar-refractivity contribution in [1.29, 1.82) is 0 Å². The van der Waals surface area contributed by atoms with Crippen LogP contribution < -0.4 is 5.32 Å². The molecule has 0 aromatic carbocycles. The molecular weight excluding hydrogens is 533 g/mol. The minimum atomic E-state index is -0.243. The van der Waals surface area contributed by atoms with Crippen LogP contribution >= 0.6 is 34.5 Å². The number of thiophene rings is 1. The number of halogens is 2. The highest BCUT2D eigenvalue weighted by Crippen LogP contribution is 2.23. The molecule has 1 fully saturated rings. The molecule has 2 amide bonds. The van der Waals surface area contributed by atoms with Crippen LogP contribution in [0.2, 0.25) is 10.3 Å². The fourth-order valence-corrected chi connectivity index (χ4v) is 5.99. The van der Waals surface area contributed by atoms with Gasteiger partial charge in [0.25, 0.3) is 5.91 Å². The smallest absolute Gasteiger partial charge is 0.254 e. The summed E-state index contributed by atoms with van der Waals surface area (Å²) in [6.45, 7) is 7.06. The maximum Gasteiger partial charge on any atom is 0.254 e. The van der Waals surface area contributed by atoms with Gasteiger partial charge in [0.1, 0.15) is 29.5 Å². The molecule has 12 heteroatoms. The number of hydrogen-bond donors (Lipinski definition) is 1. The van der Waals surface area contributed by atoms with Gasteiger partial charge in [-0.05, 0) is 67.1 Å². The molecule has 0 saturated carbocycles. The number of likely N-dealkylation sites (tertiary alicyclic amines) is 1. The van der Waals surface area contributed by atoms with E-state index in [1.54, 1.807) is 35.3 Å². The molecule has 0 unspecified atom stereocenters. The van der Waals surface area contributed by atoms with Crippen LogP contribution in [0.15, 0.2) is 35.5 Å².